The molecule has 0 radical (unpaired) electrons. The molecule has 0 aliphatic carbocycles. The predicted molar refractivity (Wildman–Crippen MR) is 69.3 cm³/mol. The molecule has 0 spiro atoms. The van der Waals surface area contributed by atoms with E-state index < -0.39 is 73.4 Å². The first-order valence-electron chi connectivity index (χ1n) is 7.41. The Morgan fingerprint density at radius 3 is 1.71 bits per heavy atom. The van der Waals surface area contributed by atoms with E-state index in [1.54, 1.807) is 0 Å². The molecule has 15 heteroatoms. The van der Waals surface area contributed by atoms with Gasteiger partial charge in [-0.1, -0.05) is 0 Å². The summed E-state index contributed by atoms with van der Waals surface area (Å²) in [5.74, 6) is -3.75. The zero-order valence-electron chi connectivity index (χ0n) is 15.3. The fourth-order valence-electron chi connectivity index (χ4n) is 2.75. The van der Waals surface area contributed by atoms with Crippen molar-refractivity contribution in [2.75, 3.05) is 7.11 Å². The van der Waals surface area contributed by atoms with Gasteiger partial charge in [0.05, 0.1) is 11.9 Å². The second-order valence-corrected chi connectivity index (χ2v) is 5.77. The molecule has 0 aromatic rings. The molecular weight excluding hydrogens is 410 g/mol. The molecule has 0 aromatic heterocycles. The smallest absolute Gasteiger partial charge is 0.547 e. The number of ether oxygens (including phenoxy) is 4. The van der Waals surface area contributed by atoms with Crippen molar-refractivity contribution in [1.29, 1.82) is 0 Å². The number of carbonyl (C=O) groups excluding carboxylic acids is 2. The number of carboxylic acid groups (broad SMARTS) is 2. The van der Waals surface area contributed by atoms with Crippen LogP contribution in [0.5, 0.6) is 0 Å². The third-order valence-electron chi connectivity index (χ3n) is 4.14. The van der Waals surface area contributed by atoms with E-state index in [2.05, 4.69) is 4.74 Å². The minimum Gasteiger partial charge on any atom is -0.547 e. The van der Waals surface area contributed by atoms with Gasteiger partial charge in [0.15, 0.2) is 12.6 Å². The topological polar surface area (TPSA) is 218 Å². The van der Waals surface area contributed by atoms with Gasteiger partial charge >= 0.3 is 59.1 Å². The standard InChI is InChI=1S/C13H20O13.2Na/c1-23-6-3(15)5(17)13(26-8(6)10(18)19)25-7-2(14)4(16)12(22)24-9(7)11(20)21;;/h2-9,12-17,22H,1H3,(H,18,19)(H,20,21);;/q;2*+1/p-2/t2-,3-,4+,5+,6+,7+,8-,9+,12-,13-;;/m1../s1. The van der Waals surface area contributed by atoms with E-state index in [0.717, 1.165) is 7.11 Å². The monoisotopic (exact) mass is 428 g/mol. The number of aliphatic hydroxyl groups is 5. The van der Waals surface area contributed by atoms with Crippen LogP contribution in [-0.4, -0.2) is 106 Å². The maximum absolute atomic E-state index is 11.1. The van der Waals surface area contributed by atoms with Crippen LogP contribution in [0.15, 0.2) is 0 Å². The molecular formula is C13H18Na2O13. The molecule has 2 saturated heterocycles. The summed E-state index contributed by atoms with van der Waals surface area (Å²) < 4.78 is 19.3. The fraction of sp³-hybridized carbons (Fsp3) is 0.846. The van der Waals surface area contributed by atoms with Gasteiger partial charge < -0.3 is 64.3 Å². The SMILES string of the molecule is CO[C@H]1[C@H](O)[C@H](O)[C@H](O[C@H]2[C@H](O)[C@H](O)[C@H](O)O[C@@H]2C(=O)[O-])O[C@H]1C(=O)[O-].[Na+].[Na+]. The van der Waals surface area contributed by atoms with Crippen molar-refractivity contribution in [1.82, 2.24) is 0 Å². The number of carboxylic acids is 2. The summed E-state index contributed by atoms with van der Waals surface area (Å²) in [6.07, 6.45) is -19.3. The third kappa shape index (κ3) is 5.84. The zero-order valence-corrected chi connectivity index (χ0v) is 19.3. The van der Waals surface area contributed by atoms with Crippen molar-refractivity contribution in [3.63, 3.8) is 0 Å². The molecule has 0 saturated carbocycles. The van der Waals surface area contributed by atoms with Crippen LogP contribution in [0.3, 0.4) is 0 Å². The molecule has 2 aliphatic heterocycles. The van der Waals surface area contributed by atoms with E-state index in [1.807, 2.05) is 0 Å². The second kappa shape index (κ2) is 11.8. The van der Waals surface area contributed by atoms with Gasteiger partial charge in [-0.25, -0.2) is 0 Å². The van der Waals surface area contributed by atoms with Crippen molar-refractivity contribution in [2.45, 2.75) is 61.4 Å². The Bertz CT molecular complexity index is 537. The first-order chi connectivity index (χ1) is 12.1. The van der Waals surface area contributed by atoms with Gasteiger partial charge in [0, 0.05) is 7.11 Å². The summed E-state index contributed by atoms with van der Waals surface area (Å²) in [5.41, 5.74) is 0. The van der Waals surface area contributed by atoms with Crippen molar-refractivity contribution in [3.05, 3.63) is 0 Å². The van der Waals surface area contributed by atoms with E-state index in [0.29, 0.717) is 0 Å². The van der Waals surface area contributed by atoms with Gasteiger partial charge in [0.1, 0.15) is 48.8 Å². The van der Waals surface area contributed by atoms with E-state index >= 15 is 0 Å². The summed E-state index contributed by atoms with van der Waals surface area (Å²) >= 11 is 0. The quantitative estimate of drug-likeness (QED) is 0.257. The number of hydrogen-bond acceptors (Lipinski definition) is 13. The maximum atomic E-state index is 11.1. The second-order valence-electron chi connectivity index (χ2n) is 5.77. The van der Waals surface area contributed by atoms with E-state index in [9.17, 15) is 45.3 Å². The first kappa shape index (κ1) is 28.6. The molecule has 2 rings (SSSR count). The Hall–Kier alpha value is 0.580. The van der Waals surface area contributed by atoms with Crippen LogP contribution in [0.1, 0.15) is 0 Å². The Labute approximate surface area is 202 Å². The molecule has 10 atom stereocenters. The molecule has 0 amide bonds. The van der Waals surface area contributed by atoms with Crippen LogP contribution in [0.2, 0.25) is 0 Å². The normalized spacial score (nSPS) is 43.4. The van der Waals surface area contributed by atoms with Crippen LogP contribution in [0.25, 0.3) is 0 Å². The van der Waals surface area contributed by atoms with Crippen LogP contribution < -0.4 is 69.3 Å². The molecule has 13 nitrogen and oxygen atoms in total. The van der Waals surface area contributed by atoms with E-state index in [1.165, 1.54) is 0 Å². The number of hydrogen-bond donors (Lipinski definition) is 5. The van der Waals surface area contributed by atoms with Crippen LogP contribution >= 0.6 is 0 Å². The molecule has 2 fully saturated rings. The van der Waals surface area contributed by atoms with E-state index in [4.69, 9.17) is 14.2 Å². The Morgan fingerprint density at radius 1 is 0.786 bits per heavy atom. The number of aliphatic hydroxyl groups excluding tert-OH is 5. The van der Waals surface area contributed by atoms with Gasteiger partial charge in [0.2, 0.25) is 0 Å². The van der Waals surface area contributed by atoms with Crippen molar-refractivity contribution in [2.24, 2.45) is 0 Å². The number of rotatable bonds is 5. The molecule has 2 heterocycles. The molecule has 0 unspecified atom stereocenters. The van der Waals surface area contributed by atoms with Gasteiger partial charge in [0.25, 0.3) is 0 Å². The van der Waals surface area contributed by atoms with Gasteiger partial charge in [-0.3, -0.25) is 0 Å². The van der Waals surface area contributed by atoms with Gasteiger partial charge in [-0.15, -0.1) is 0 Å². The van der Waals surface area contributed by atoms with Crippen molar-refractivity contribution >= 4 is 11.9 Å². The molecule has 0 bridgehead atoms. The molecule has 150 valence electrons. The fourth-order valence-corrected chi connectivity index (χ4v) is 2.75. The van der Waals surface area contributed by atoms with Crippen LogP contribution in [0, 0.1) is 0 Å². The minimum atomic E-state index is -2.10. The van der Waals surface area contributed by atoms with Crippen LogP contribution in [-0.2, 0) is 28.5 Å². The van der Waals surface area contributed by atoms with Crippen LogP contribution in [0.4, 0.5) is 0 Å². The molecule has 28 heavy (non-hydrogen) atoms. The van der Waals surface area contributed by atoms with Gasteiger partial charge in [-0.05, 0) is 0 Å². The third-order valence-corrected chi connectivity index (χ3v) is 4.14. The number of aliphatic carboxylic acids is 2. The van der Waals surface area contributed by atoms with Gasteiger partial charge in [-0.2, -0.15) is 0 Å². The summed E-state index contributed by atoms with van der Waals surface area (Å²) in [6, 6.07) is 0. The number of carbonyl (C=O) groups is 2. The molecule has 0 aromatic carbocycles. The Balaban J connectivity index is 0.00000364. The Kier molecular flexibility index (Phi) is 12.1. The zero-order chi connectivity index (χ0) is 19.8. The molecule has 5 N–H and O–H groups in total. The maximum Gasteiger partial charge on any atom is 1.00 e. The molecule has 2 aliphatic rings. The summed E-state index contributed by atoms with van der Waals surface area (Å²) in [4.78, 5) is 22.3. The minimum absolute atomic E-state index is 0. The summed E-state index contributed by atoms with van der Waals surface area (Å²) in [7, 11) is 1.05. The van der Waals surface area contributed by atoms with Crippen molar-refractivity contribution < 1.29 is 123 Å². The van der Waals surface area contributed by atoms with Crippen molar-refractivity contribution in [3.8, 4) is 0 Å². The predicted octanol–water partition coefficient (Wildman–Crippen LogP) is -13.2. The average Bonchev–Trinajstić information content (AvgIpc) is 2.58. The summed E-state index contributed by atoms with van der Waals surface area (Å²) in [6.45, 7) is 0. The summed E-state index contributed by atoms with van der Waals surface area (Å²) in [5, 5.41) is 71.1. The first-order valence-corrected chi connectivity index (χ1v) is 7.41. The Morgan fingerprint density at radius 2 is 1.25 bits per heavy atom. The van der Waals surface area contributed by atoms with E-state index in [-0.39, 0.29) is 59.1 Å². The average molecular weight is 428 g/mol. The largest absolute Gasteiger partial charge is 1.00 e. The number of methoxy groups -OCH3 is 1.